The molecule has 3 atom stereocenters. The molecule has 0 aliphatic carbocycles. The normalized spacial score (nSPS) is 15.2. The van der Waals surface area contributed by atoms with Crippen molar-refractivity contribution in [3.63, 3.8) is 0 Å². The predicted octanol–water partition coefficient (Wildman–Crippen LogP) is 9.59. The van der Waals surface area contributed by atoms with Crippen LogP contribution in [-0.4, -0.2) is 0 Å². The number of hydrogen-bond acceptors (Lipinski definition) is 0. The topological polar surface area (TPSA) is 0 Å². The quantitative estimate of drug-likeness (QED) is 0.168. The zero-order valence-electron chi connectivity index (χ0n) is 19.4. The molecule has 0 aromatic heterocycles. The van der Waals surface area contributed by atoms with Crippen molar-refractivity contribution < 1.29 is 0 Å². The minimum absolute atomic E-state index is 0.851. The van der Waals surface area contributed by atoms with E-state index in [2.05, 4.69) is 48.1 Å². The molecule has 0 aliphatic rings. The molecule has 0 saturated heterocycles. The Bertz CT molecular complexity index is 314. The van der Waals surface area contributed by atoms with E-state index < -0.39 is 0 Å². The van der Waals surface area contributed by atoms with Crippen molar-refractivity contribution in [2.75, 3.05) is 0 Å². The monoisotopic (exact) mass is 364 g/mol. The van der Waals surface area contributed by atoms with Crippen LogP contribution in [0.1, 0.15) is 131 Å². The lowest BCUT2D eigenvalue weighted by Gasteiger charge is -2.30. The number of rotatable bonds is 18. The van der Waals surface area contributed by atoms with Gasteiger partial charge in [-0.1, -0.05) is 118 Å². The van der Waals surface area contributed by atoms with E-state index in [1.165, 1.54) is 95.5 Å². The third kappa shape index (κ3) is 13.0. The SMILES string of the molecule is C=C(CCC)CCCCCCCCC(CC(CCC)C(C)C)C(C)CC. The van der Waals surface area contributed by atoms with E-state index in [-0.39, 0.29) is 0 Å². The lowest BCUT2D eigenvalue weighted by Crippen LogP contribution is -2.19. The van der Waals surface area contributed by atoms with Crippen LogP contribution in [0.2, 0.25) is 0 Å². The maximum atomic E-state index is 4.18. The van der Waals surface area contributed by atoms with Crippen LogP contribution in [0, 0.1) is 23.7 Å². The summed E-state index contributed by atoms with van der Waals surface area (Å²) in [5.74, 6) is 3.65. The summed E-state index contributed by atoms with van der Waals surface area (Å²) >= 11 is 0. The van der Waals surface area contributed by atoms with E-state index in [4.69, 9.17) is 0 Å². The molecule has 0 fully saturated rings. The molecular weight excluding hydrogens is 312 g/mol. The first kappa shape index (κ1) is 25.7. The van der Waals surface area contributed by atoms with Crippen molar-refractivity contribution in [2.45, 2.75) is 131 Å². The molecule has 3 unspecified atom stereocenters. The maximum absolute atomic E-state index is 4.18. The Morgan fingerprint density at radius 3 is 1.85 bits per heavy atom. The molecule has 0 aromatic carbocycles. The maximum Gasteiger partial charge on any atom is -0.0323 e. The lowest BCUT2D eigenvalue weighted by atomic mass is 9.76. The average molecular weight is 365 g/mol. The number of allylic oxidation sites excluding steroid dienone is 1. The van der Waals surface area contributed by atoms with E-state index in [0.717, 1.165) is 23.7 Å². The highest BCUT2D eigenvalue weighted by Crippen LogP contribution is 2.33. The molecule has 0 heterocycles. The Morgan fingerprint density at radius 1 is 0.692 bits per heavy atom. The Hall–Kier alpha value is -0.260. The minimum atomic E-state index is 0.851. The average Bonchev–Trinajstić information content (AvgIpc) is 2.61. The van der Waals surface area contributed by atoms with Crippen LogP contribution in [0.3, 0.4) is 0 Å². The Morgan fingerprint density at radius 2 is 1.31 bits per heavy atom. The largest absolute Gasteiger partial charge is 0.0999 e. The summed E-state index contributed by atoms with van der Waals surface area (Å²) in [6.07, 6.45) is 19.3. The fourth-order valence-electron chi connectivity index (χ4n) is 4.42. The molecule has 0 aromatic rings. The Kier molecular flexibility index (Phi) is 16.7. The molecule has 0 aliphatic heterocycles. The molecule has 156 valence electrons. The van der Waals surface area contributed by atoms with Gasteiger partial charge in [0.25, 0.3) is 0 Å². The number of hydrogen-bond donors (Lipinski definition) is 0. The standard InChI is InChI=1S/C26H52/c1-8-17-23(6)19-15-13-11-12-14-16-20-26(24(7)10-3)21-25(18-9-2)22(4)5/h22,24-26H,6,8-21H2,1-5,7H3. The highest BCUT2D eigenvalue weighted by Gasteiger charge is 2.22. The zero-order valence-corrected chi connectivity index (χ0v) is 19.4. The van der Waals surface area contributed by atoms with E-state index >= 15 is 0 Å². The molecule has 0 spiro atoms. The van der Waals surface area contributed by atoms with Crippen molar-refractivity contribution in [3.8, 4) is 0 Å². The first-order valence-corrected chi connectivity index (χ1v) is 12.1. The van der Waals surface area contributed by atoms with Crippen LogP contribution in [0.15, 0.2) is 12.2 Å². The molecule has 0 amide bonds. The van der Waals surface area contributed by atoms with Gasteiger partial charge in [0.05, 0.1) is 0 Å². The van der Waals surface area contributed by atoms with Gasteiger partial charge in [-0.15, -0.1) is 0 Å². The van der Waals surface area contributed by atoms with E-state index in [1.807, 2.05) is 0 Å². The molecule has 0 bridgehead atoms. The lowest BCUT2D eigenvalue weighted by molar-refractivity contribution is 0.211. The molecule has 0 heteroatoms. The summed E-state index contributed by atoms with van der Waals surface area (Å²) in [5, 5.41) is 0. The summed E-state index contributed by atoms with van der Waals surface area (Å²) < 4.78 is 0. The highest BCUT2D eigenvalue weighted by atomic mass is 14.3. The third-order valence-corrected chi connectivity index (χ3v) is 6.62. The summed E-state index contributed by atoms with van der Waals surface area (Å²) in [5.41, 5.74) is 1.47. The molecule has 0 rings (SSSR count). The van der Waals surface area contributed by atoms with Crippen LogP contribution >= 0.6 is 0 Å². The van der Waals surface area contributed by atoms with Gasteiger partial charge in [0, 0.05) is 0 Å². The van der Waals surface area contributed by atoms with Gasteiger partial charge in [-0.25, -0.2) is 0 Å². The van der Waals surface area contributed by atoms with E-state index in [1.54, 1.807) is 0 Å². The summed E-state index contributed by atoms with van der Waals surface area (Å²) in [6.45, 7) is 18.5. The second-order valence-corrected chi connectivity index (χ2v) is 9.33. The van der Waals surface area contributed by atoms with Crippen LogP contribution in [0.25, 0.3) is 0 Å². The first-order chi connectivity index (χ1) is 12.5. The van der Waals surface area contributed by atoms with Crippen molar-refractivity contribution in [2.24, 2.45) is 23.7 Å². The van der Waals surface area contributed by atoms with Gasteiger partial charge in [0.1, 0.15) is 0 Å². The van der Waals surface area contributed by atoms with Crippen molar-refractivity contribution in [1.29, 1.82) is 0 Å². The van der Waals surface area contributed by atoms with Gasteiger partial charge >= 0.3 is 0 Å². The smallest absolute Gasteiger partial charge is 0.0323 e. The van der Waals surface area contributed by atoms with Crippen LogP contribution in [0.4, 0.5) is 0 Å². The Labute approximate surface area is 167 Å². The minimum Gasteiger partial charge on any atom is -0.0999 e. The van der Waals surface area contributed by atoms with E-state index in [9.17, 15) is 0 Å². The second kappa shape index (κ2) is 16.9. The van der Waals surface area contributed by atoms with Crippen LogP contribution in [-0.2, 0) is 0 Å². The summed E-state index contributed by atoms with van der Waals surface area (Å²) in [4.78, 5) is 0. The summed E-state index contributed by atoms with van der Waals surface area (Å²) in [6, 6.07) is 0. The molecular formula is C26H52. The van der Waals surface area contributed by atoms with Gasteiger partial charge in [-0.05, 0) is 49.4 Å². The molecule has 0 nitrogen and oxygen atoms in total. The molecule has 26 heavy (non-hydrogen) atoms. The fourth-order valence-corrected chi connectivity index (χ4v) is 4.42. The fraction of sp³-hybridized carbons (Fsp3) is 0.923. The molecule has 0 N–H and O–H groups in total. The number of unbranched alkanes of at least 4 members (excludes halogenated alkanes) is 5. The van der Waals surface area contributed by atoms with E-state index in [0.29, 0.717) is 0 Å². The zero-order chi connectivity index (χ0) is 19.8. The third-order valence-electron chi connectivity index (χ3n) is 6.62. The predicted molar refractivity (Wildman–Crippen MR) is 122 cm³/mol. The van der Waals surface area contributed by atoms with Gasteiger partial charge < -0.3 is 0 Å². The van der Waals surface area contributed by atoms with Crippen molar-refractivity contribution >= 4 is 0 Å². The van der Waals surface area contributed by atoms with Gasteiger partial charge in [0.2, 0.25) is 0 Å². The highest BCUT2D eigenvalue weighted by molar-refractivity contribution is 4.92. The van der Waals surface area contributed by atoms with Gasteiger partial charge in [-0.2, -0.15) is 0 Å². The molecule has 0 radical (unpaired) electrons. The van der Waals surface area contributed by atoms with Crippen molar-refractivity contribution in [3.05, 3.63) is 12.2 Å². The van der Waals surface area contributed by atoms with Crippen molar-refractivity contribution in [1.82, 2.24) is 0 Å². The van der Waals surface area contributed by atoms with Crippen LogP contribution < -0.4 is 0 Å². The Balaban J connectivity index is 3.99. The molecule has 0 saturated carbocycles. The van der Waals surface area contributed by atoms with Gasteiger partial charge in [0.15, 0.2) is 0 Å². The first-order valence-electron chi connectivity index (χ1n) is 12.1. The second-order valence-electron chi connectivity index (χ2n) is 9.33. The summed E-state index contributed by atoms with van der Waals surface area (Å²) in [7, 11) is 0. The van der Waals surface area contributed by atoms with Gasteiger partial charge in [-0.3, -0.25) is 0 Å². The van der Waals surface area contributed by atoms with Crippen LogP contribution in [0.5, 0.6) is 0 Å².